The molecule has 0 spiro atoms. The quantitative estimate of drug-likeness (QED) is 0.607. The molecule has 1 heterocycles. The van der Waals surface area contributed by atoms with Crippen molar-refractivity contribution in [1.29, 1.82) is 5.26 Å². The van der Waals surface area contributed by atoms with Crippen LogP contribution in [0, 0.1) is 11.3 Å². The maximum Gasteiger partial charge on any atom is 0.254 e. The molecule has 0 N–H and O–H groups in total. The molecule has 0 aliphatic carbocycles. The Kier molecular flexibility index (Phi) is 5.60. The Morgan fingerprint density at radius 1 is 1.50 bits per heavy atom. The van der Waals surface area contributed by atoms with Crippen molar-refractivity contribution in [3.05, 3.63) is 28.5 Å². The van der Waals surface area contributed by atoms with Gasteiger partial charge >= 0.3 is 0 Å². The third-order valence-electron chi connectivity index (χ3n) is 2.53. The van der Waals surface area contributed by atoms with Crippen LogP contribution in [-0.4, -0.2) is 28.9 Å². The van der Waals surface area contributed by atoms with Crippen molar-refractivity contribution in [1.82, 2.24) is 9.88 Å². The smallest absolute Gasteiger partial charge is 0.254 e. The summed E-state index contributed by atoms with van der Waals surface area (Å²) in [5.41, 5.74) is 1.30. The molecular weight excluding hydrogens is 250 g/mol. The summed E-state index contributed by atoms with van der Waals surface area (Å²) in [6.07, 6.45) is 1.72. The number of rotatable bonds is 5. The minimum Gasteiger partial charge on any atom is -0.326 e. The van der Waals surface area contributed by atoms with Gasteiger partial charge in [-0.3, -0.25) is 4.79 Å². The number of amides is 1. The van der Waals surface area contributed by atoms with Crippen LogP contribution < -0.4 is 0 Å². The molecule has 1 aromatic rings. The van der Waals surface area contributed by atoms with E-state index in [-0.39, 0.29) is 12.5 Å². The molecule has 0 saturated heterocycles. The zero-order valence-corrected chi connectivity index (χ0v) is 11.4. The summed E-state index contributed by atoms with van der Waals surface area (Å²) < 4.78 is 0. The first-order valence-electron chi connectivity index (χ1n) is 5.95. The van der Waals surface area contributed by atoms with Crippen molar-refractivity contribution in [3.63, 3.8) is 0 Å². The number of nitriles is 1. The first-order chi connectivity index (χ1) is 8.62. The molecule has 0 unspecified atom stereocenters. The average Bonchev–Trinajstić information content (AvgIpc) is 2.35. The SMILES string of the molecule is CCCc1cc(C(=O)N(CC)CC#N)cc(Cl)n1. The van der Waals surface area contributed by atoms with Crippen LogP contribution in [-0.2, 0) is 6.42 Å². The predicted octanol–water partition coefficient (Wildman–Crippen LogP) is 2.67. The Bertz CT molecular complexity index is 468. The fourth-order valence-corrected chi connectivity index (χ4v) is 1.88. The number of aromatic nitrogens is 1. The van der Waals surface area contributed by atoms with Crippen molar-refractivity contribution >= 4 is 17.5 Å². The summed E-state index contributed by atoms with van der Waals surface area (Å²) >= 11 is 5.91. The molecule has 18 heavy (non-hydrogen) atoms. The highest BCUT2D eigenvalue weighted by Gasteiger charge is 2.15. The fourth-order valence-electron chi connectivity index (χ4n) is 1.65. The normalized spacial score (nSPS) is 9.89. The number of carbonyl (C=O) groups excluding carboxylic acids is 1. The Morgan fingerprint density at radius 2 is 2.22 bits per heavy atom. The van der Waals surface area contributed by atoms with Crippen LogP contribution in [0.3, 0.4) is 0 Å². The van der Waals surface area contributed by atoms with Gasteiger partial charge in [-0.05, 0) is 25.5 Å². The van der Waals surface area contributed by atoms with Crippen molar-refractivity contribution in [2.75, 3.05) is 13.1 Å². The lowest BCUT2D eigenvalue weighted by molar-refractivity contribution is 0.0784. The van der Waals surface area contributed by atoms with Crippen LogP contribution in [0.2, 0.25) is 5.15 Å². The van der Waals surface area contributed by atoms with Crippen LogP contribution in [0.1, 0.15) is 36.3 Å². The molecule has 0 fully saturated rings. The molecule has 1 amide bonds. The number of hydrogen-bond acceptors (Lipinski definition) is 3. The lowest BCUT2D eigenvalue weighted by atomic mass is 10.1. The topological polar surface area (TPSA) is 57.0 Å². The highest BCUT2D eigenvalue weighted by Crippen LogP contribution is 2.14. The van der Waals surface area contributed by atoms with Crippen molar-refractivity contribution in [2.45, 2.75) is 26.7 Å². The number of halogens is 1. The lowest BCUT2D eigenvalue weighted by Crippen LogP contribution is -2.31. The summed E-state index contributed by atoms with van der Waals surface area (Å²) in [6.45, 7) is 4.46. The highest BCUT2D eigenvalue weighted by atomic mass is 35.5. The maximum absolute atomic E-state index is 12.2. The molecule has 0 aliphatic rings. The van der Waals surface area contributed by atoms with E-state index in [0.29, 0.717) is 17.3 Å². The molecule has 4 nitrogen and oxygen atoms in total. The first-order valence-corrected chi connectivity index (χ1v) is 6.32. The molecule has 1 aromatic heterocycles. The fraction of sp³-hybridized carbons (Fsp3) is 0.462. The molecule has 96 valence electrons. The van der Waals surface area contributed by atoms with Crippen molar-refractivity contribution < 1.29 is 4.79 Å². The number of pyridine rings is 1. The van der Waals surface area contributed by atoms with Crippen molar-refractivity contribution in [2.24, 2.45) is 0 Å². The van der Waals surface area contributed by atoms with E-state index in [1.54, 1.807) is 12.1 Å². The third kappa shape index (κ3) is 3.71. The molecule has 0 radical (unpaired) electrons. The first kappa shape index (κ1) is 14.5. The monoisotopic (exact) mass is 265 g/mol. The van der Waals surface area contributed by atoms with Gasteiger partial charge in [-0.1, -0.05) is 24.9 Å². The Labute approximate surface area is 112 Å². The van der Waals surface area contributed by atoms with E-state index >= 15 is 0 Å². The summed E-state index contributed by atoms with van der Waals surface area (Å²) in [5.74, 6) is -0.180. The Balaban J connectivity index is 3.01. The van der Waals surface area contributed by atoms with Crippen LogP contribution in [0.25, 0.3) is 0 Å². The van der Waals surface area contributed by atoms with Gasteiger partial charge in [0, 0.05) is 17.8 Å². The number of aryl methyl sites for hydroxylation is 1. The summed E-state index contributed by atoms with van der Waals surface area (Å²) in [5, 5.41) is 8.99. The van der Waals surface area contributed by atoms with E-state index in [0.717, 1.165) is 18.5 Å². The molecule has 0 bridgehead atoms. The van der Waals surface area contributed by atoms with E-state index in [2.05, 4.69) is 4.98 Å². The van der Waals surface area contributed by atoms with Crippen molar-refractivity contribution in [3.8, 4) is 6.07 Å². The Hall–Kier alpha value is -1.60. The van der Waals surface area contributed by atoms with Crippen LogP contribution in [0.15, 0.2) is 12.1 Å². The van der Waals surface area contributed by atoms with E-state index in [1.807, 2.05) is 19.9 Å². The maximum atomic E-state index is 12.2. The molecule has 0 saturated carbocycles. The van der Waals surface area contributed by atoms with Crippen LogP contribution >= 0.6 is 11.6 Å². The van der Waals surface area contributed by atoms with E-state index in [9.17, 15) is 4.79 Å². The van der Waals surface area contributed by atoms with Crippen LogP contribution in [0.4, 0.5) is 0 Å². The summed E-state index contributed by atoms with van der Waals surface area (Å²) in [6, 6.07) is 5.27. The number of carbonyl (C=O) groups is 1. The average molecular weight is 266 g/mol. The van der Waals surface area contributed by atoms with Gasteiger partial charge < -0.3 is 4.90 Å². The van der Waals surface area contributed by atoms with Gasteiger partial charge in [-0.15, -0.1) is 0 Å². The van der Waals surface area contributed by atoms with Gasteiger partial charge in [0.2, 0.25) is 0 Å². The molecule has 0 aromatic carbocycles. The minimum absolute atomic E-state index is 0.0817. The molecule has 0 aliphatic heterocycles. The zero-order valence-electron chi connectivity index (χ0n) is 10.6. The van der Waals surface area contributed by atoms with Crippen LogP contribution in [0.5, 0.6) is 0 Å². The molecule has 0 atom stereocenters. The number of hydrogen-bond donors (Lipinski definition) is 0. The predicted molar refractivity (Wildman–Crippen MR) is 70.4 cm³/mol. The van der Waals surface area contributed by atoms with E-state index in [4.69, 9.17) is 16.9 Å². The van der Waals surface area contributed by atoms with Gasteiger partial charge in [-0.2, -0.15) is 5.26 Å². The molecule has 5 heteroatoms. The van der Waals surface area contributed by atoms with Gasteiger partial charge in [0.05, 0.1) is 6.07 Å². The lowest BCUT2D eigenvalue weighted by Gasteiger charge is -2.17. The van der Waals surface area contributed by atoms with Gasteiger partial charge in [-0.25, -0.2) is 4.98 Å². The van der Waals surface area contributed by atoms with Gasteiger partial charge in [0.15, 0.2) is 0 Å². The number of nitrogens with zero attached hydrogens (tertiary/aromatic N) is 3. The van der Waals surface area contributed by atoms with Gasteiger partial charge in [0.25, 0.3) is 5.91 Å². The Morgan fingerprint density at radius 3 is 2.78 bits per heavy atom. The van der Waals surface area contributed by atoms with E-state index < -0.39 is 0 Å². The highest BCUT2D eigenvalue weighted by molar-refractivity contribution is 6.29. The molecular formula is C13H16ClN3O. The minimum atomic E-state index is -0.180. The second kappa shape index (κ2) is 6.97. The van der Waals surface area contributed by atoms with E-state index in [1.165, 1.54) is 4.90 Å². The summed E-state index contributed by atoms with van der Waals surface area (Å²) in [7, 11) is 0. The second-order valence-corrected chi connectivity index (χ2v) is 4.28. The largest absolute Gasteiger partial charge is 0.326 e. The summed E-state index contributed by atoms with van der Waals surface area (Å²) in [4.78, 5) is 17.8. The third-order valence-corrected chi connectivity index (χ3v) is 2.72. The zero-order chi connectivity index (χ0) is 13.5. The second-order valence-electron chi connectivity index (χ2n) is 3.90. The van der Waals surface area contributed by atoms with Gasteiger partial charge in [0.1, 0.15) is 11.7 Å². The standard InChI is InChI=1S/C13H16ClN3O/c1-3-5-11-8-10(9-12(14)16-11)13(18)17(4-2)7-6-15/h8-9H,3-5,7H2,1-2H3. The molecule has 1 rings (SSSR count).